The maximum absolute atomic E-state index is 12.9. The van der Waals surface area contributed by atoms with E-state index in [-0.39, 0.29) is 6.04 Å². The Morgan fingerprint density at radius 3 is 2.90 bits per heavy atom. The van der Waals surface area contributed by atoms with Gasteiger partial charge >= 0.3 is 0 Å². The van der Waals surface area contributed by atoms with Crippen molar-refractivity contribution in [3.63, 3.8) is 0 Å². The number of benzene rings is 1. The highest BCUT2D eigenvalue weighted by atomic mass is 16.2. The van der Waals surface area contributed by atoms with Gasteiger partial charge in [0.25, 0.3) is 0 Å². The molecule has 3 rings (SSSR count). The first kappa shape index (κ1) is 14.6. The van der Waals surface area contributed by atoms with E-state index < -0.39 is 0 Å². The van der Waals surface area contributed by atoms with Crippen LogP contribution in [0.4, 0.5) is 0 Å². The number of nitrogens with one attached hydrogen (secondary N) is 1. The van der Waals surface area contributed by atoms with Crippen LogP contribution < -0.4 is 5.32 Å². The van der Waals surface area contributed by atoms with E-state index in [1.165, 1.54) is 30.4 Å². The molecule has 3 nitrogen and oxygen atoms in total. The van der Waals surface area contributed by atoms with Crippen LogP contribution >= 0.6 is 0 Å². The fraction of sp³-hybridized carbons (Fsp3) is 0.611. The molecule has 1 aromatic rings. The van der Waals surface area contributed by atoms with E-state index in [0.717, 1.165) is 25.6 Å². The lowest BCUT2D eigenvalue weighted by molar-refractivity contribution is -0.134. The molecule has 1 aliphatic carbocycles. The summed E-state index contributed by atoms with van der Waals surface area (Å²) in [5, 5.41) is 3.48. The summed E-state index contributed by atoms with van der Waals surface area (Å²) in [6.07, 6.45) is 3.81. The summed E-state index contributed by atoms with van der Waals surface area (Å²) in [6.45, 7) is 6.75. The zero-order chi connectivity index (χ0) is 14.8. The van der Waals surface area contributed by atoms with Crippen molar-refractivity contribution < 1.29 is 4.79 Å². The van der Waals surface area contributed by atoms with Crippen molar-refractivity contribution in [1.29, 1.82) is 0 Å². The zero-order valence-corrected chi connectivity index (χ0v) is 13.1. The monoisotopic (exact) mass is 286 g/mol. The Balaban J connectivity index is 1.71. The van der Waals surface area contributed by atoms with E-state index in [1.807, 2.05) is 4.90 Å². The molecule has 3 heteroatoms. The molecule has 1 heterocycles. The third-order valence-corrected chi connectivity index (χ3v) is 5.33. The molecule has 3 atom stereocenters. The first-order valence-corrected chi connectivity index (χ1v) is 8.27. The highest BCUT2D eigenvalue weighted by Gasteiger charge is 2.43. The molecule has 0 radical (unpaired) electrons. The van der Waals surface area contributed by atoms with Crippen LogP contribution in [0.5, 0.6) is 0 Å². The first-order valence-electron chi connectivity index (χ1n) is 8.27. The van der Waals surface area contributed by atoms with Crippen LogP contribution in [-0.4, -0.2) is 29.9 Å². The van der Waals surface area contributed by atoms with Crippen LogP contribution in [0.15, 0.2) is 24.3 Å². The minimum absolute atomic E-state index is 0.0569. The standard InChI is InChI=1S/C18H26N2O/c1-3-20(12-15-8-5-4-7-13(15)2)18(21)17-16-10-6-9-14(16)11-19-17/h4-5,7-8,14,16-17,19H,3,6,9-12H2,1-2H3. The van der Waals surface area contributed by atoms with Gasteiger partial charge in [-0.1, -0.05) is 30.7 Å². The van der Waals surface area contributed by atoms with Gasteiger partial charge in [0.05, 0.1) is 6.04 Å². The summed E-state index contributed by atoms with van der Waals surface area (Å²) in [4.78, 5) is 14.9. The van der Waals surface area contributed by atoms with Crippen molar-refractivity contribution in [2.24, 2.45) is 11.8 Å². The summed E-state index contributed by atoms with van der Waals surface area (Å²) < 4.78 is 0. The van der Waals surface area contributed by atoms with Gasteiger partial charge in [-0.05, 0) is 56.2 Å². The van der Waals surface area contributed by atoms with Gasteiger partial charge in [-0.2, -0.15) is 0 Å². The second-order valence-electron chi connectivity index (χ2n) is 6.52. The molecule has 1 N–H and O–H groups in total. The van der Waals surface area contributed by atoms with Crippen molar-refractivity contribution in [2.45, 2.75) is 45.7 Å². The van der Waals surface area contributed by atoms with Crippen LogP contribution in [0.2, 0.25) is 0 Å². The van der Waals surface area contributed by atoms with Gasteiger partial charge in [0.1, 0.15) is 0 Å². The molecule has 0 bridgehead atoms. The number of amides is 1. The number of fused-ring (bicyclic) bond motifs is 1. The molecular formula is C18H26N2O. The maximum atomic E-state index is 12.9. The minimum Gasteiger partial charge on any atom is -0.337 e. The summed E-state index contributed by atoms with van der Waals surface area (Å²) in [7, 11) is 0. The molecule has 1 aliphatic heterocycles. The molecule has 114 valence electrons. The Hall–Kier alpha value is -1.35. The predicted octanol–water partition coefficient (Wildman–Crippen LogP) is 2.73. The fourth-order valence-corrected chi connectivity index (χ4v) is 3.99. The average Bonchev–Trinajstić information content (AvgIpc) is 3.08. The lowest BCUT2D eigenvalue weighted by atomic mass is 9.93. The topological polar surface area (TPSA) is 32.3 Å². The molecule has 2 fully saturated rings. The quantitative estimate of drug-likeness (QED) is 0.923. The third-order valence-electron chi connectivity index (χ3n) is 5.33. The molecule has 1 saturated carbocycles. The van der Waals surface area contributed by atoms with E-state index in [9.17, 15) is 4.79 Å². The zero-order valence-electron chi connectivity index (χ0n) is 13.1. The summed E-state index contributed by atoms with van der Waals surface area (Å²) >= 11 is 0. The average molecular weight is 286 g/mol. The molecule has 21 heavy (non-hydrogen) atoms. The number of nitrogens with zero attached hydrogens (tertiary/aromatic N) is 1. The second-order valence-corrected chi connectivity index (χ2v) is 6.52. The molecule has 1 amide bonds. The van der Waals surface area contributed by atoms with Gasteiger partial charge in [-0.15, -0.1) is 0 Å². The van der Waals surface area contributed by atoms with E-state index in [1.54, 1.807) is 0 Å². The van der Waals surface area contributed by atoms with Crippen molar-refractivity contribution in [3.05, 3.63) is 35.4 Å². The van der Waals surface area contributed by atoms with Gasteiger partial charge in [-0.25, -0.2) is 0 Å². The summed E-state index contributed by atoms with van der Waals surface area (Å²) in [6, 6.07) is 8.42. The molecule has 2 aliphatic rings. The molecule has 1 saturated heterocycles. The third kappa shape index (κ3) is 2.84. The van der Waals surface area contributed by atoms with E-state index in [4.69, 9.17) is 0 Å². The lowest BCUT2D eigenvalue weighted by Crippen LogP contribution is -2.46. The van der Waals surface area contributed by atoms with Crippen LogP contribution in [0.3, 0.4) is 0 Å². The number of carbonyl (C=O) groups excluding carboxylic acids is 1. The van der Waals surface area contributed by atoms with E-state index >= 15 is 0 Å². The van der Waals surface area contributed by atoms with Crippen LogP contribution in [-0.2, 0) is 11.3 Å². The van der Waals surface area contributed by atoms with Gasteiger partial charge in [-0.3, -0.25) is 4.79 Å². The number of hydrogen-bond donors (Lipinski definition) is 1. The van der Waals surface area contributed by atoms with Gasteiger partial charge in [0, 0.05) is 13.1 Å². The Kier molecular flexibility index (Phi) is 4.29. The maximum Gasteiger partial charge on any atom is 0.240 e. The number of likely N-dealkylation sites (N-methyl/N-ethyl adjacent to an activating group) is 1. The molecule has 3 unspecified atom stereocenters. The van der Waals surface area contributed by atoms with E-state index in [0.29, 0.717) is 11.8 Å². The van der Waals surface area contributed by atoms with Crippen molar-refractivity contribution >= 4 is 5.91 Å². The number of aryl methyl sites for hydroxylation is 1. The minimum atomic E-state index is 0.0569. The van der Waals surface area contributed by atoms with Crippen LogP contribution in [0.25, 0.3) is 0 Å². The second kappa shape index (κ2) is 6.18. The lowest BCUT2D eigenvalue weighted by Gasteiger charge is -2.27. The summed E-state index contributed by atoms with van der Waals surface area (Å²) in [5.74, 6) is 1.61. The number of hydrogen-bond acceptors (Lipinski definition) is 2. The Bertz CT molecular complexity index is 514. The normalized spacial score (nSPS) is 27.6. The Labute approximate surface area is 127 Å². The number of carbonyl (C=O) groups is 1. The van der Waals surface area contributed by atoms with Crippen LogP contribution in [0.1, 0.15) is 37.3 Å². The molecular weight excluding hydrogens is 260 g/mol. The van der Waals surface area contributed by atoms with Crippen molar-refractivity contribution in [2.75, 3.05) is 13.1 Å². The summed E-state index contributed by atoms with van der Waals surface area (Å²) in [5.41, 5.74) is 2.52. The van der Waals surface area contributed by atoms with Gasteiger partial charge < -0.3 is 10.2 Å². The number of rotatable bonds is 4. The highest BCUT2D eigenvalue weighted by Crippen LogP contribution is 2.38. The predicted molar refractivity (Wildman–Crippen MR) is 84.9 cm³/mol. The largest absolute Gasteiger partial charge is 0.337 e. The SMILES string of the molecule is CCN(Cc1ccccc1C)C(=O)C1NCC2CCCC21. The van der Waals surface area contributed by atoms with Crippen LogP contribution in [0, 0.1) is 18.8 Å². The van der Waals surface area contributed by atoms with Gasteiger partial charge in [0.15, 0.2) is 0 Å². The molecule has 1 aromatic carbocycles. The van der Waals surface area contributed by atoms with E-state index in [2.05, 4.69) is 43.4 Å². The molecule has 0 spiro atoms. The van der Waals surface area contributed by atoms with Gasteiger partial charge in [0.2, 0.25) is 5.91 Å². The Morgan fingerprint density at radius 1 is 1.33 bits per heavy atom. The van der Waals surface area contributed by atoms with Crippen molar-refractivity contribution in [1.82, 2.24) is 10.2 Å². The first-order chi connectivity index (χ1) is 10.2. The smallest absolute Gasteiger partial charge is 0.240 e. The highest BCUT2D eigenvalue weighted by molar-refractivity contribution is 5.82. The fourth-order valence-electron chi connectivity index (χ4n) is 3.99. The molecule has 0 aromatic heterocycles. The van der Waals surface area contributed by atoms with Crippen molar-refractivity contribution in [3.8, 4) is 0 Å². The Morgan fingerprint density at radius 2 is 2.14 bits per heavy atom.